The van der Waals surface area contributed by atoms with Crippen LogP contribution in [0.4, 0.5) is 11.5 Å². The lowest BCUT2D eigenvalue weighted by Crippen LogP contribution is -2.06. The minimum Gasteiger partial charge on any atom is -0.438 e. The van der Waals surface area contributed by atoms with Crippen LogP contribution in [-0.2, 0) is 0 Å². The maximum atomic E-state index is 10.8. The normalized spacial score (nSPS) is 10.2. The third-order valence-corrected chi connectivity index (χ3v) is 2.80. The van der Waals surface area contributed by atoms with Crippen LogP contribution in [0.2, 0.25) is 0 Å². The van der Waals surface area contributed by atoms with E-state index in [1.54, 1.807) is 19.1 Å². The van der Waals surface area contributed by atoms with Gasteiger partial charge in [-0.25, -0.2) is 4.98 Å². The van der Waals surface area contributed by atoms with Crippen LogP contribution in [-0.4, -0.2) is 21.4 Å². The van der Waals surface area contributed by atoms with Crippen LogP contribution in [0.15, 0.2) is 24.3 Å². The van der Waals surface area contributed by atoms with Gasteiger partial charge in [-0.3, -0.25) is 10.1 Å². The zero-order valence-corrected chi connectivity index (χ0v) is 12.1. The first kappa shape index (κ1) is 14.7. The largest absolute Gasteiger partial charge is 0.438 e. The number of non-ortho nitro benzene ring substituents is 1. The molecule has 0 aliphatic carbocycles. The lowest BCUT2D eigenvalue weighted by molar-refractivity contribution is -0.384. The third-order valence-electron chi connectivity index (χ3n) is 2.80. The van der Waals surface area contributed by atoms with Crippen molar-refractivity contribution in [1.82, 2.24) is 9.97 Å². The van der Waals surface area contributed by atoms with E-state index in [9.17, 15) is 10.1 Å². The fourth-order valence-electron chi connectivity index (χ4n) is 1.81. The number of rotatable bonds is 5. The van der Waals surface area contributed by atoms with Gasteiger partial charge in [-0.1, -0.05) is 6.07 Å². The molecule has 1 aromatic heterocycles. The van der Waals surface area contributed by atoms with Crippen molar-refractivity contribution in [1.29, 1.82) is 0 Å². The Kier molecular flexibility index (Phi) is 4.32. The molecule has 21 heavy (non-hydrogen) atoms. The summed E-state index contributed by atoms with van der Waals surface area (Å²) >= 11 is 0. The quantitative estimate of drug-likeness (QED) is 0.671. The number of hydrogen-bond acceptors (Lipinski definition) is 6. The van der Waals surface area contributed by atoms with Gasteiger partial charge in [0.1, 0.15) is 17.4 Å². The monoisotopic (exact) mass is 288 g/mol. The lowest BCUT2D eigenvalue weighted by Gasteiger charge is -2.12. The van der Waals surface area contributed by atoms with E-state index in [1.807, 2.05) is 13.8 Å². The number of nitro groups is 1. The number of nitrogens with zero attached hydrogens (tertiary/aromatic N) is 3. The number of aryl methyl sites for hydroxylation is 1. The predicted molar refractivity (Wildman–Crippen MR) is 78.8 cm³/mol. The predicted octanol–water partition coefficient (Wildman–Crippen LogP) is 3.23. The average molecular weight is 288 g/mol. The van der Waals surface area contributed by atoms with Crippen LogP contribution < -0.4 is 10.1 Å². The zero-order chi connectivity index (χ0) is 15.4. The molecule has 2 rings (SSSR count). The van der Waals surface area contributed by atoms with Gasteiger partial charge in [-0.05, 0) is 26.8 Å². The molecule has 0 unspecified atom stereocenters. The summed E-state index contributed by atoms with van der Waals surface area (Å²) in [5.41, 5.74) is 0.733. The lowest BCUT2D eigenvalue weighted by atomic mass is 10.3. The number of aromatic nitrogens is 2. The van der Waals surface area contributed by atoms with Crippen LogP contribution in [0.1, 0.15) is 18.3 Å². The fraction of sp³-hybridized carbons (Fsp3) is 0.286. The number of anilines is 1. The highest BCUT2D eigenvalue weighted by Crippen LogP contribution is 2.28. The van der Waals surface area contributed by atoms with Crippen molar-refractivity contribution in [3.05, 3.63) is 45.8 Å². The first-order valence-electron chi connectivity index (χ1n) is 6.52. The summed E-state index contributed by atoms with van der Waals surface area (Å²) in [5, 5.41) is 13.9. The maximum Gasteiger partial charge on any atom is 0.273 e. The molecular weight excluding hydrogens is 272 g/mol. The molecule has 0 saturated carbocycles. The van der Waals surface area contributed by atoms with Crippen LogP contribution in [0.25, 0.3) is 0 Å². The number of hydrogen-bond donors (Lipinski definition) is 1. The first-order valence-corrected chi connectivity index (χ1v) is 6.52. The standard InChI is InChI=1S/C14H16N4O3/c1-4-15-13-9(2)14(17-10(3)16-13)21-12-7-5-6-11(8-12)18(19)20/h5-8H,4H2,1-3H3,(H,15,16,17). The Morgan fingerprint density at radius 2 is 2.10 bits per heavy atom. The van der Waals surface area contributed by atoms with E-state index in [0.29, 0.717) is 23.3 Å². The van der Waals surface area contributed by atoms with Crippen molar-refractivity contribution >= 4 is 11.5 Å². The molecule has 1 aromatic carbocycles. The molecule has 0 amide bonds. The molecule has 0 saturated heterocycles. The molecule has 110 valence electrons. The molecule has 0 atom stereocenters. The second kappa shape index (κ2) is 6.17. The Labute approximate surface area is 122 Å². The van der Waals surface area contributed by atoms with Gasteiger partial charge in [0.05, 0.1) is 16.6 Å². The summed E-state index contributed by atoms with van der Waals surface area (Å²) in [4.78, 5) is 18.9. The molecule has 7 heteroatoms. The van der Waals surface area contributed by atoms with Gasteiger partial charge >= 0.3 is 0 Å². The SMILES string of the molecule is CCNc1nc(C)nc(Oc2cccc([N+](=O)[O-])c2)c1C. The molecule has 0 aliphatic heterocycles. The van der Waals surface area contributed by atoms with Crippen molar-refractivity contribution in [3.63, 3.8) is 0 Å². The van der Waals surface area contributed by atoms with Crippen molar-refractivity contribution in [3.8, 4) is 11.6 Å². The molecule has 0 bridgehead atoms. The van der Waals surface area contributed by atoms with Crippen LogP contribution >= 0.6 is 0 Å². The van der Waals surface area contributed by atoms with E-state index in [-0.39, 0.29) is 5.69 Å². The Morgan fingerprint density at radius 1 is 1.33 bits per heavy atom. The third kappa shape index (κ3) is 3.44. The molecule has 7 nitrogen and oxygen atoms in total. The second-order valence-electron chi connectivity index (χ2n) is 4.44. The Morgan fingerprint density at radius 3 is 2.76 bits per heavy atom. The fourth-order valence-corrected chi connectivity index (χ4v) is 1.81. The van der Waals surface area contributed by atoms with Crippen LogP contribution in [0, 0.1) is 24.0 Å². The summed E-state index contributed by atoms with van der Waals surface area (Å²) in [5.74, 6) is 2.02. The van der Waals surface area contributed by atoms with Gasteiger partial charge in [0.2, 0.25) is 5.88 Å². The van der Waals surface area contributed by atoms with Gasteiger partial charge < -0.3 is 10.1 Å². The minimum atomic E-state index is -0.463. The Balaban J connectivity index is 2.35. The number of nitrogens with one attached hydrogen (secondary N) is 1. The van der Waals surface area contributed by atoms with Crippen molar-refractivity contribution in [2.75, 3.05) is 11.9 Å². The minimum absolute atomic E-state index is 0.0252. The van der Waals surface area contributed by atoms with Gasteiger partial charge in [0.15, 0.2) is 0 Å². The van der Waals surface area contributed by atoms with E-state index in [4.69, 9.17) is 4.74 Å². The van der Waals surface area contributed by atoms with Gasteiger partial charge in [0.25, 0.3) is 5.69 Å². The summed E-state index contributed by atoms with van der Waals surface area (Å²) in [7, 11) is 0. The summed E-state index contributed by atoms with van der Waals surface area (Å²) in [6.45, 7) is 6.30. The molecule has 1 N–H and O–H groups in total. The molecule has 0 fully saturated rings. The van der Waals surface area contributed by atoms with Gasteiger partial charge in [-0.15, -0.1) is 0 Å². The van der Waals surface area contributed by atoms with Crippen molar-refractivity contribution < 1.29 is 9.66 Å². The first-order chi connectivity index (χ1) is 10.0. The van der Waals surface area contributed by atoms with Crippen molar-refractivity contribution in [2.24, 2.45) is 0 Å². The van der Waals surface area contributed by atoms with Crippen LogP contribution in [0.3, 0.4) is 0 Å². The average Bonchev–Trinajstić information content (AvgIpc) is 2.44. The van der Waals surface area contributed by atoms with Crippen molar-refractivity contribution in [2.45, 2.75) is 20.8 Å². The van der Waals surface area contributed by atoms with Gasteiger partial charge in [-0.2, -0.15) is 4.98 Å². The van der Waals surface area contributed by atoms with E-state index >= 15 is 0 Å². The number of benzene rings is 1. The van der Waals surface area contributed by atoms with Crippen LogP contribution in [0.5, 0.6) is 11.6 Å². The topological polar surface area (TPSA) is 90.2 Å². The highest BCUT2D eigenvalue weighted by molar-refractivity contribution is 5.50. The zero-order valence-electron chi connectivity index (χ0n) is 12.1. The Bertz CT molecular complexity index is 673. The summed E-state index contributed by atoms with van der Waals surface area (Å²) in [6.07, 6.45) is 0. The molecule has 1 heterocycles. The molecule has 0 spiro atoms. The molecule has 0 aliphatic rings. The van der Waals surface area contributed by atoms with E-state index in [0.717, 1.165) is 12.1 Å². The second-order valence-corrected chi connectivity index (χ2v) is 4.44. The molecular formula is C14H16N4O3. The summed E-state index contributed by atoms with van der Waals surface area (Å²) < 4.78 is 5.67. The van der Waals surface area contributed by atoms with E-state index in [1.165, 1.54) is 12.1 Å². The summed E-state index contributed by atoms with van der Waals surface area (Å²) in [6, 6.07) is 6.00. The molecule has 2 aromatic rings. The smallest absolute Gasteiger partial charge is 0.273 e. The van der Waals surface area contributed by atoms with E-state index in [2.05, 4.69) is 15.3 Å². The maximum absolute atomic E-state index is 10.8. The van der Waals surface area contributed by atoms with Gasteiger partial charge in [0, 0.05) is 12.6 Å². The Hall–Kier alpha value is -2.70. The number of nitro benzene ring substituents is 1. The highest BCUT2D eigenvalue weighted by Gasteiger charge is 2.12. The van der Waals surface area contributed by atoms with E-state index < -0.39 is 4.92 Å². The molecule has 0 radical (unpaired) electrons. The highest BCUT2D eigenvalue weighted by atomic mass is 16.6. The number of ether oxygens (including phenoxy) is 1.